The van der Waals surface area contributed by atoms with Gasteiger partial charge in [0.15, 0.2) is 0 Å². The van der Waals surface area contributed by atoms with Gasteiger partial charge in [-0.15, -0.1) is 0 Å². The molecule has 0 atom stereocenters. The number of hydrogen-bond donors (Lipinski definition) is 1. The van der Waals surface area contributed by atoms with Crippen LogP contribution in [0.1, 0.15) is 43.0 Å². The predicted octanol–water partition coefficient (Wildman–Crippen LogP) is 5.19. The molecule has 2 heterocycles. The van der Waals surface area contributed by atoms with E-state index in [1.54, 1.807) is 30.5 Å². The molecule has 0 aliphatic heterocycles. The highest BCUT2D eigenvalue weighted by Gasteiger charge is 2.22. The van der Waals surface area contributed by atoms with E-state index in [2.05, 4.69) is 26.1 Å². The number of rotatable bonds is 5. The Hall–Kier alpha value is -3.41. The van der Waals surface area contributed by atoms with Crippen LogP contribution in [0.15, 0.2) is 56.3 Å². The zero-order chi connectivity index (χ0) is 23.0. The molecule has 32 heavy (non-hydrogen) atoms. The summed E-state index contributed by atoms with van der Waals surface area (Å²) in [6.07, 6.45) is 2.01. The standard InChI is InChI=1S/C26H26FNO4/c1-15-17-11-19-20(26(2,3)4)14-31-22(19)13-23(17)32-25(30)18(15)12-24(29)28-10-9-16-7-5-6-8-21(16)27/h5-8,11,13-14H,9-10,12H2,1-4H3,(H,28,29). The second-order valence-corrected chi connectivity index (χ2v) is 9.11. The van der Waals surface area contributed by atoms with Crippen molar-refractivity contribution in [3.63, 3.8) is 0 Å². The van der Waals surface area contributed by atoms with Gasteiger partial charge in [-0.1, -0.05) is 39.0 Å². The molecular weight excluding hydrogens is 409 g/mol. The fourth-order valence-corrected chi connectivity index (χ4v) is 3.96. The lowest BCUT2D eigenvalue weighted by atomic mass is 9.86. The minimum absolute atomic E-state index is 0.100. The van der Waals surface area contributed by atoms with Gasteiger partial charge >= 0.3 is 5.63 Å². The number of hydrogen-bond acceptors (Lipinski definition) is 4. The van der Waals surface area contributed by atoms with Crippen LogP contribution >= 0.6 is 0 Å². The van der Waals surface area contributed by atoms with Crippen molar-refractivity contribution in [1.29, 1.82) is 0 Å². The van der Waals surface area contributed by atoms with E-state index in [1.165, 1.54) is 6.07 Å². The summed E-state index contributed by atoms with van der Waals surface area (Å²) < 4.78 is 24.9. The van der Waals surface area contributed by atoms with Gasteiger partial charge in [0.1, 0.15) is 17.0 Å². The molecule has 2 aromatic carbocycles. The fraction of sp³-hybridized carbons (Fsp3) is 0.308. The molecule has 0 radical (unpaired) electrons. The van der Waals surface area contributed by atoms with Crippen molar-refractivity contribution in [2.45, 2.75) is 46.0 Å². The van der Waals surface area contributed by atoms with Crippen LogP contribution in [0.4, 0.5) is 4.39 Å². The molecule has 0 spiro atoms. The molecule has 0 saturated heterocycles. The molecule has 0 aliphatic carbocycles. The Morgan fingerprint density at radius 3 is 2.56 bits per heavy atom. The number of nitrogens with one attached hydrogen (secondary N) is 1. The van der Waals surface area contributed by atoms with E-state index in [1.807, 2.05) is 13.0 Å². The van der Waals surface area contributed by atoms with Gasteiger partial charge in [0.25, 0.3) is 0 Å². The van der Waals surface area contributed by atoms with Crippen LogP contribution < -0.4 is 10.9 Å². The number of furan rings is 1. The average Bonchev–Trinajstić information content (AvgIpc) is 3.15. The van der Waals surface area contributed by atoms with Crippen LogP contribution in [-0.4, -0.2) is 12.5 Å². The first kappa shape index (κ1) is 21.8. The highest BCUT2D eigenvalue weighted by Crippen LogP contribution is 2.35. The Bertz CT molecular complexity index is 1370. The minimum atomic E-state index is -0.541. The van der Waals surface area contributed by atoms with E-state index in [9.17, 15) is 14.0 Å². The highest BCUT2D eigenvalue weighted by atomic mass is 19.1. The van der Waals surface area contributed by atoms with Gasteiger partial charge in [-0.05, 0) is 42.0 Å². The number of amides is 1. The van der Waals surface area contributed by atoms with Crippen LogP contribution in [0, 0.1) is 12.7 Å². The molecule has 4 rings (SSSR count). The molecule has 2 aromatic heterocycles. The van der Waals surface area contributed by atoms with E-state index < -0.39 is 5.63 Å². The predicted molar refractivity (Wildman–Crippen MR) is 123 cm³/mol. The number of halogens is 1. The first-order chi connectivity index (χ1) is 15.1. The highest BCUT2D eigenvalue weighted by molar-refractivity contribution is 5.97. The van der Waals surface area contributed by atoms with Crippen LogP contribution in [0.3, 0.4) is 0 Å². The first-order valence-corrected chi connectivity index (χ1v) is 10.6. The fourth-order valence-electron chi connectivity index (χ4n) is 3.96. The molecule has 166 valence electrons. The Morgan fingerprint density at radius 1 is 1.09 bits per heavy atom. The van der Waals surface area contributed by atoms with E-state index in [4.69, 9.17) is 8.83 Å². The van der Waals surface area contributed by atoms with Crippen molar-refractivity contribution in [2.24, 2.45) is 0 Å². The zero-order valence-corrected chi connectivity index (χ0v) is 18.7. The molecule has 1 amide bonds. The third kappa shape index (κ3) is 4.17. The smallest absolute Gasteiger partial charge is 0.340 e. The summed E-state index contributed by atoms with van der Waals surface area (Å²) in [5, 5.41) is 4.50. The van der Waals surface area contributed by atoms with Crippen molar-refractivity contribution >= 4 is 27.8 Å². The molecule has 0 bridgehead atoms. The van der Waals surface area contributed by atoms with E-state index in [0.717, 1.165) is 16.3 Å². The molecule has 4 aromatic rings. The van der Waals surface area contributed by atoms with Crippen molar-refractivity contribution < 1.29 is 18.0 Å². The van der Waals surface area contributed by atoms with Crippen molar-refractivity contribution in [2.75, 3.05) is 6.54 Å². The maximum absolute atomic E-state index is 13.7. The lowest BCUT2D eigenvalue weighted by molar-refractivity contribution is -0.120. The third-order valence-electron chi connectivity index (χ3n) is 5.80. The van der Waals surface area contributed by atoms with E-state index in [0.29, 0.717) is 34.3 Å². The molecular formula is C26H26FNO4. The maximum Gasteiger partial charge on any atom is 0.340 e. The van der Waals surface area contributed by atoms with E-state index >= 15 is 0 Å². The monoisotopic (exact) mass is 435 g/mol. The van der Waals surface area contributed by atoms with Gasteiger partial charge in [0.2, 0.25) is 5.91 Å². The zero-order valence-electron chi connectivity index (χ0n) is 18.7. The first-order valence-electron chi connectivity index (χ1n) is 10.6. The van der Waals surface area contributed by atoms with E-state index in [-0.39, 0.29) is 30.1 Å². The number of benzene rings is 2. The molecule has 0 fully saturated rings. The summed E-state index contributed by atoms with van der Waals surface area (Å²) in [5.41, 5.74) is 3.07. The van der Waals surface area contributed by atoms with Crippen LogP contribution in [-0.2, 0) is 23.1 Å². The minimum Gasteiger partial charge on any atom is -0.464 e. The summed E-state index contributed by atoms with van der Waals surface area (Å²) in [5.74, 6) is -0.608. The van der Waals surface area contributed by atoms with Crippen molar-refractivity contribution in [1.82, 2.24) is 5.32 Å². The lowest BCUT2D eigenvalue weighted by Crippen LogP contribution is -2.29. The Morgan fingerprint density at radius 2 is 1.84 bits per heavy atom. The molecule has 0 saturated carbocycles. The lowest BCUT2D eigenvalue weighted by Gasteiger charge is -2.16. The number of fused-ring (bicyclic) bond motifs is 2. The largest absolute Gasteiger partial charge is 0.464 e. The summed E-state index contributed by atoms with van der Waals surface area (Å²) in [6.45, 7) is 8.43. The van der Waals surface area contributed by atoms with Crippen LogP contribution in [0.2, 0.25) is 0 Å². The van der Waals surface area contributed by atoms with Crippen molar-refractivity contribution in [3.8, 4) is 0 Å². The normalized spacial score (nSPS) is 11.9. The quantitative estimate of drug-likeness (QED) is 0.438. The van der Waals surface area contributed by atoms with Crippen molar-refractivity contribution in [3.05, 3.63) is 81.2 Å². The Kier molecular flexibility index (Phi) is 5.63. The molecule has 1 N–H and O–H groups in total. The average molecular weight is 435 g/mol. The third-order valence-corrected chi connectivity index (χ3v) is 5.80. The SMILES string of the molecule is Cc1c(CC(=O)NCCc2ccccc2F)c(=O)oc2cc3occ(C(C)(C)C)c3cc12. The molecule has 5 nitrogen and oxygen atoms in total. The topological polar surface area (TPSA) is 72.5 Å². The summed E-state index contributed by atoms with van der Waals surface area (Å²) in [6, 6.07) is 10.2. The number of aryl methyl sites for hydroxylation is 1. The van der Waals surface area contributed by atoms with Gasteiger partial charge in [0.05, 0.1) is 18.2 Å². The van der Waals surface area contributed by atoms with Crippen LogP contribution in [0.5, 0.6) is 0 Å². The molecule has 0 aliphatic rings. The second-order valence-electron chi connectivity index (χ2n) is 9.11. The summed E-state index contributed by atoms with van der Waals surface area (Å²) >= 11 is 0. The maximum atomic E-state index is 13.7. The van der Waals surface area contributed by atoms with Gasteiger partial charge in [-0.25, -0.2) is 9.18 Å². The summed E-state index contributed by atoms with van der Waals surface area (Å²) in [7, 11) is 0. The Balaban J connectivity index is 1.59. The van der Waals surface area contributed by atoms with Crippen LogP contribution in [0.25, 0.3) is 21.9 Å². The number of carbonyl (C=O) groups excluding carboxylic acids is 1. The van der Waals surface area contributed by atoms with Gasteiger partial charge in [-0.2, -0.15) is 0 Å². The number of carbonyl (C=O) groups is 1. The molecule has 0 unspecified atom stereocenters. The Labute approximate surface area is 185 Å². The second kappa shape index (κ2) is 8.26. The summed E-state index contributed by atoms with van der Waals surface area (Å²) in [4.78, 5) is 25.1. The van der Waals surface area contributed by atoms with Gasteiger partial charge in [0, 0.05) is 28.9 Å². The molecule has 6 heteroatoms. The van der Waals surface area contributed by atoms with Gasteiger partial charge in [-0.3, -0.25) is 4.79 Å². The van der Waals surface area contributed by atoms with Gasteiger partial charge < -0.3 is 14.2 Å².